The summed E-state index contributed by atoms with van der Waals surface area (Å²) in [6.07, 6.45) is 1.75. The largest absolute Gasteiger partial charge is 0.461 e. The molecule has 0 bridgehead atoms. The number of esters is 1. The zero-order chi connectivity index (χ0) is 13.1. The lowest BCUT2D eigenvalue weighted by Gasteiger charge is -2.02. The molecular formula is C13H14N2O2S. The fourth-order valence-electron chi connectivity index (χ4n) is 1.56. The molecule has 0 N–H and O–H groups in total. The zero-order valence-electron chi connectivity index (χ0n) is 10.6. The Hall–Kier alpha value is -1.75. The van der Waals surface area contributed by atoms with Crippen LogP contribution in [0.2, 0.25) is 0 Å². The van der Waals surface area contributed by atoms with Gasteiger partial charge in [-0.3, -0.25) is 4.98 Å². The first kappa shape index (κ1) is 12.7. The number of thiazole rings is 1. The number of aromatic nitrogens is 2. The lowest BCUT2D eigenvalue weighted by molar-refractivity contribution is 0.0521. The number of aryl methyl sites for hydroxylation is 2. The molecule has 5 heteroatoms. The lowest BCUT2D eigenvalue weighted by atomic mass is 10.2. The summed E-state index contributed by atoms with van der Waals surface area (Å²) in [5, 5.41) is 0.841. The van der Waals surface area contributed by atoms with E-state index in [1.165, 1.54) is 11.3 Å². The van der Waals surface area contributed by atoms with Gasteiger partial charge in [0.05, 0.1) is 16.5 Å². The van der Waals surface area contributed by atoms with E-state index in [1.54, 1.807) is 13.1 Å². The molecule has 0 aliphatic carbocycles. The molecule has 18 heavy (non-hydrogen) atoms. The van der Waals surface area contributed by atoms with Gasteiger partial charge in [-0.1, -0.05) is 6.07 Å². The predicted octanol–water partition coefficient (Wildman–Crippen LogP) is 3.00. The van der Waals surface area contributed by atoms with Crippen molar-refractivity contribution in [2.75, 3.05) is 6.61 Å². The molecule has 2 heterocycles. The Morgan fingerprint density at radius 1 is 1.39 bits per heavy atom. The van der Waals surface area contributed by atoms with Crippen LogP contribution >= 0.6 is 11.3 Å². The van der Waals surface area contributed by atoms with Gasteiger partial charge in [0.25, 0.3) is 0 Å². The summed E-state index contributed by atoms with van der Waals surface area (Å²) in [4.78, 5) is 21.1. The number of pyridine rings is 1. The third-order valence-electron chi connectivity index (χ3n) is 2.38. The van der Waals surface area contributed by atoms with Crippen LogP contribution in [-0.4, -0.2) is 22.5 Å². The maximum Gasteiger partial charge on any atom is 0.358 e. The maximum absolute atomic E-state index is 11.8. The molecule has 0 saturated heterocycles. The number of hydrogen-bond donors (Lipinski definition) is 0. The second kappa shape index (κ2) is 5.27. The summed E-state index contributed by atoms with van der Waals surface area (Å²) >= 11 is 1.48. The maximum atomic E-state index is 11.8. The molecule has 0 aromatic carbocycles. The van der Waals surface area contributed by atoms with Crippen molar-refractivity contribution >= 4 is 17.3 Å². The topological polar surface area (TPSA) is 52.1 Å². The Bertz CT molecular complexity index is 561. The second-order valence-electron chi connectivity index (χ2n) is 3.82. The summed E-state index contributed by atoms with van der Waals surface area (Å²) in [6, 6.07) is 3.86. The lowest BCUT2D eigenvalue weighted by Crippen LogP contribution is -2.06. The average Bonchev–Trinajstić information content (AvgIpc) is 2.73. The number of ether oxygens (including phenoxy) is 1. The van der Waals surface area contributed by atoms with E-state index >= 15 is 0 Å². The molecule has 94 valence electrons. The molecule has 0 atom stereocenters. The van der Waals surface area contributed by atoms with Crippen LogP contribution < -0.4 is 0 Å². The molecule has 0 radical (unpaired) electrons. The Morgan fingerprint density at radius 3 is 2.78 bits per heavy atom. The van der Waals surface area contributed by atoms with Gasteiger partial charge in [-0.05, 0) is 26.8 Å². The monoisotopic (exact) mass is 262 g/mol. The van der Waals surface area contributed by atoms with Gasteiger partial charge in [0.2, 0.25) is 0 Å². The van der Waals surface area contributed by atoms with E-state index in [2.05, 4.69) is 9.97 Å². The highest BCUT2D eigenvalue weighted by molar-refractivity contribution is 7.15. The van der Waals surface area contributed by atoms with Gasteiger partial charge in [0, 0.05) is 17.5 Å². The summed E-state index contributed by atoms with van der Waals surface area (Å²) in [7, 11) is 0. The van der Waals surface area contributed by atoms with Gasteiger partial charge in [-0.25, -0.2) is 9.78 Å². The summed E-state index contributed by atoms with van der Waals surface area (Å²) in [6.45, 7) is 5.93. The molecular weight excluding hydrogens is 248 g/mol. The van der Waals surface area contributed by atoms with Crippen molar-refractivity contribution in [3.05, 3.63) is 34.7 Å². The van der Waals surface area contributed by atoms with Gasteiger partial charge < -0.3 is 4.74 Å². The Labute approximate surface area is 110 Å². The van der Waals surface area contributed by atoms with Gasteiger partial charge in [-0.2, -0.15) is 0 Å². The Kier molecular flexibility index (Phi) is 3.72. The SMILES string of the molecule is CCOC(=O)c1nc(C)sc1-c1ccc(C)nc1. The molecule has 2 rings (SSSR count). The summed E-state index contributed by atoms with van der Waals surface area (Å²) in [5.41, 5.74) is 2.22. The summed E-state index contributed by atoms with van der Waals surface area (Å²) < 4.78 is 5.01. The molecule has 4 nitrogen and oxygen atoms in total. The fraction of sp³-hybridized carbons (Fsp3) is 0.308. The van der Waals surface area contributed by atoms with Crippen molar-refractivity contribution in [1.29, 1.82) is 0 Å². The highest BCUT2D eigenvalue weighted by Gasteiger charge is 2.19. The van der Waals surface area contributed by atoms with E-state index < -0.39 is 0 Å². The van der Waals surface area contributed by atoms with E-state index in [0.29, 0.717) is 12.3 Å². The van der Waals surface area contributed by atoms with E-state index in [0.717, 1.165) is 21.1 Å². The predicted molar refractivity (Wildman–Crippen MR) is 70.8 cm³/mol. The smallest absolute Gasteiger partial charge is 0.358 e. The molecule has 0 unspecified atom stereocenters. The van der Waals surface area contributed by atoms with Crippen molar-refractivity contribution in [1.82, 2.24) is 9.97 Å². The third-order valence-corrected chi connectivity index (χ3v) is 3.40. The molecule has 2 aromatic rings. The van der Waals surface area contributed by atoms with Gasteiger partial charge in [0.1, 0.15) is 0 Å². The van der Waals surface area contributed by atoms with Crippen molar-refractivity contribution in [3.8, 4) is 10.4 Å². The van der Waals surface area contributed by atoms with Crippen LogP contribution in [0.4, 0.5) is 0 Å². The zero-order valence-corrected chi connectivity index (χ0v) is 11.4. The first-order valence-corrected chi connectivity index (χ1v) is 6.51. The van der Waals surface area contributed by atoms with Crippen LogP contribution in [0.5, 0.6) is 0 Å². The van der Waals surface area contributed by atoms with Gasteiger partial charge >= 0.3 is 5.97 Å². The Balaban J connectivity index is 2.44. The van der Waals surface area contributed by atoms with Gasteiger partial charge in [-0.15, -0.1) is 11.3 Å². The standard InChI is InChI=1S/C13H14N2O2S/c1-4-17-13(16)11-12(18-9(3)15-11)10-6-5-8(2)14-7-10/h5-7H,4H2,1-3H3. The highest BCUT2D eigenvalue weighted by Crippen LogP contribution is 2.30. The highest BCUT2D eigenvalue weighted by atomic mass is 32.1. The van der Waals surface area contributed by atoms with Gasteiger partial charge in [0.15, 0.2) is 5.69 Å². The first-order valence-electron chi connectivity index (χ1n) is 5.69. The minimum Gasteiger partial charge on any atom is -0.461 e. The molecule has 0 aliphatic rings. The summed E-state index contributed by atoms with van der Waals surface area (Å²) in [5.74, 6) is -0.377. The van der Waals surface area contributed by atoms with Crippen molar-refractivity contribution in [2.45, 2.75) is 20.8 Å². The molecule has 0 fully saturated rings. The van der Waals surface area contributed by atoms with Crippen molar-refractivity contribution < 1.29 is 9.53 Å². The number of nitrogens with zero attached hydrogens (tertiary/aromatic N) is 2. The van der Waals surface area contributed by atoms with Crippen molar-refractivity contribution in [3.63, 3.8) is 0 Å². The molecule has 2 aromatic heterocycles. The molecule has 0 saturated carbocycles. The van der Waals surface area contributed by atoms with E-state index in [1.807, 2.05) is 26.0 Å². The molecule has 0 spiro atoms. The molecule has 0 amide bonds. The van der Waals surface area contributed by atoms with Crippen LogP contribution in [0.25, 0.3) is 10.4 Å². The fourth-order valence-corrected chi connectivity index (χ4v) is 2.46. The van der Waals surface area contributed by atoms with E-state index in [-0.39, 0.29) is 5.97 Å². The average molecular weight is 262 g/mol. The quantitative estimate of drug-likeness (QED) is 0.798. The number of rotatable bonds is 3. The minimum absolute atomic E-state index is 0.348. The minimum atomic E-state index is -0.377. The molecule has 0 aliphatic heterocycles. The van der Waals surface area contributed by atoms with Crippen LogP contribution in [0, 0.1) is 13.8 Å². The number of carbonyl (C=O) groups is 1. The van der Waals surface area contributed by atoms with Crippen LogP contribution in [0.15, 0.2) is 18.3 Å². The Morgan fingerprint density at radius 2 is 2.17 bits per heavy atom. The first-order chi connectivity index (χ1) is 8.61. The normalized spacial score (nSPS) is 10.4. The van der Waals surface area contributed by atoms with Crippen LogP contribution in [0.1, 0.15) is 28.1 Å². The third kappa shape index (κ3) is 2.56. The van der Waals surface area contributed by atoms with Crippen LogP contribution in [0.3, 0.4) is 0 Å². The number of hydrogen-bond acceptors (Lipinski definition) is 5. The van der Waals surface area contributed by atoms with Crippen LogP contribution in [-0.2, 0) is 4.74 Å². The van der Waals surface area contributed by atoms with E-state index in [9.17, 15) is 4.79 Å². The second-order valence-corrected chi connectivity index (χ2v) is 5.02. The van der Waals surface area contributed by atoms with E-state index in [4.69, 9.17) is 4.74 Å². The van der Waals surface area contributed by atoms with Crippen molar-refractivity contribution in [2.24, 2.45) is 0 Å². The number of carbonyl (C=O) groups excluding carboxylic acids is 1.